The molecule has 0 aliphatic rings. The monoisotopic (exact) mass is 378 g/mol. The highest BCUT2D eigenvalue weighted by Gasteiger charge is 2.08. The van der Waals surface area contributed by atoms with Gasteiger partial charge in [-0.15, -0.1) is 0 Å². The summed E-state index contributed by atoms with van der Waals surface area (Å²) < 4.78 is 11.9. The highest BCUT2D eigenvalue weighted by molar-refractivity contribution is 7.34. The summed E-state index contributed by atoms with van der Waals surface area (Å²) in [5.74, 6) is 0. The molecule has 134 valence electrons. The molecule has 0 N–H and O–H groups in total. The molecule has 0 spiro atoms. The van der Waals surface area contributed by atoms with Crippen molar-refractivity contribution in [2.75, 3.05) is 0 Å². The van der Waals surface area contributed by atoms with Crippen LogP contribution in [0.2, 0.25) is 0 Å². The van der Waals surface area contributed by atoms with E-state index in [9.17, 15) is 4.57 Å². The fraction of sp³-hybridized carbons (Fsp3) is 0. The third-order valence-electron chi connectivity index (χ3n) is 4.69. The molecule has 0 bridgehead atoms. The zero-order valence-electron chi connectivity index (χ0n) is 15.3. The first kappa shape index (κ1) is 18.1. The predicted octanol–water partition coefficient (Wildman–Crippen LogP) is 7.11. The molecule has 0 atom stereocenters. The van der Waals surface area contributed by atoms with Crippen LogP contribution in [0.1, 0.15) is 11.1 Å². The van der Waals surface area contributed by atoms with Crippen LogP contribution in [-0.4, -0.2) is 0 Å². The van der Waals surface area contributed by atoms with Gasteiger partial charge in [0.2, 0.25) is 0 Å². The maximum absolute atomic E-state index is 11.9. The van der Waals surface area contributed by atoms with Gasteiger partial charge in [-0.25, -0.2) is 0 Å². The summed E-state index contributed by atoms with van der Waals surface area (Å²) in [7, 11) is 0.0227. The Bertz CT molecular complexity index is 1120. The van der Waals surface area contributed by atoms with Crippen molar-refractivity contribution in [1.29, 1.82) is 0 Å². The molecule has 0 radical (unpaired) electrons. The minimum absolute atomic E-state index is 0.0227. The average Bonchev–Trinajstić information content (AvgIpc) is 2.78. The lowest BCUT2D eigenvalue weighted by Crippen LogP contribution is -2.02. The number of hydrogen-bond donors (Lipinski definition) is 0. The largest absolute Gasteiger partial charge is 0.269 e. The summed E-state index contributed by atoms with van der Waals surface area (Å²) in [6.07, 6.45) is 4.11. The van der Waals surface area contributed by atoms with Crippen molar-refractivity contribution in [3.05, 3.63) is 114 Å². The Morgan fingerprint density at radius 2 is 1.21 bits per heavy atom. The second kappa shape index (κ2) is 8.61. The van der Waals surface area contributed by atoms with Crippen LogP contribution in [0, 0.1) is 0 Å². The van der Waals surface area contributed by atoms with Gasteiger partial charge in [-0.05, 0) is 39.4 Å². The van der Waals surface area contributed by atoms with E-state index >= 15 is 0 Å². The molecule has 0 aromatic heterocycles. The smallest absolute Gasteiger partial charge is 0.193 e. The van der Waals surface area contributed by atoms with Gasteiger partial charge in [0.15, 0.2) is 8.46 Å². The maximum Gasteiger partial charge on any atom is 0.193 e. The summed E-state index contributed by atoms with van der Waals surface area (Å²) in [6.45, 7) is 0. The topological polar surface area (TPSA) is 17.1 Å². The molecule has 0 aliphatic carbocycles. The minimum atomic E-state index is 0.0227. The molecular weight excluding hydrogens is 359 g/mol. The molecule has 0 fully saturated rings. The quantitative estimate of drug-likeness (QED) is 0.267. The van der Waals surface area contributed by atoms with Gasteiger partial charge in [0.1, 0.15) is 0 Å². The molecule has 28 heavy (non-hydrogen) atoms. The van der Waals surface area contributed by atoms with Gasteiger partial charge in [-0.2, -0.15) is 0 Å². The van der Waals surface area contributed by atoms with Gasteiger partial charge in [0.25, 0.3) is 0 Å². The number of benzene rings is 4. The standard InChI is InChI=1S/C26H19OP/c27-28-26-23(14-8-16-25(26)22-12-5-2-6-13-22)18-17-20-9-7-15-24(19-20)21-10-3-1-4-11-21/h1-19H/b18-17-. The molecule has 4 rings (SSSR count). The van der Waals surface area contributed by atoms with Crippen LogP contribution in [0.5, 0.6) is 0 Å². The van der Waals surface area contributed by atoms with E-state index in [1.165, 1.54) is 11.1 Å². The van der Waals surface area contributed by atoms with E-state index in [0.29, 0.717) is 0 Å². The molecule has 2 heteroatoms. The van der Waals surface area contributed by atoms with E-state index in [4.69, 9.17) is 0 Å². The first-order chi connectivity index (χ1) is 13.8. The number of hydrogen-bond acceptors (Lipinski definition) is 1. The Hall–Kier alpha value is -3.28. The molecular formula is C26H19OP. The molecule has 0 aliphatic heterocycles. The van der Waals surface area contributed by atoms with Gasteiger partial charge < -0.3 is 0 Å². The van der Waals surface area contributed by atoms with E-state index in [1.54, 1.807) is 0 Å². The van der Waals surface area contributed by atoms with Crippen LogP contribution in [0.3, 0.4) is 0 Å². The van der Waals surface area contributed by atoms with E-state index in [-0.39, 0.29) is 8.46 Å². The Labute approximate surface area is 167 Å². The first-order valence-corrected chi connectivity index (χ1v) is 10.0. The molecule has 0 heterocycles. The Morgan fingerprint density at radius 3 is 1.93 bits per heavy atom. The van der Waals surface area contributed by atoms with Crippen molar-refractivity contribution in [2.45, 2.75) is 0 Å². The highest BCUT2D eigenvalue weighted by Crippen LogP contribution is 2.24. The summed E-state index contributed by atoms with van der Waals surface area (Å²) in [6, 6.07) is 34.9. The van der Waals surface area contributed by atoms with Gasteiger partial charge in [0, 0.05) is 0 Å². The van der Waals surface area contributed by atoms with Crippen molar-refractivity contribution in [2.24, 2.45) is 0 Å². The molecule has 0 unspecified atom stereocenters. The van der Waals surface area contributed by atoms with Crippen LogP contribution in [-0.2, 0) is 4.57 Å². The van der Waals surface area contributed by atoms with Crippen LogP contribution >= 0.6 is 8.46 Å². The maximum atomic E-state index is 11.9. The Kier molecular flexibility index (Phi) is 5.56. The van der Waals surface area contributed by atoms with E-state index in [0.717, 1.165) is 27.6 Å². The predicted molar refractivity (Wildman–Crippen MR) is 120 cm³/mol. The lowest BCUT2D eigenvalue weighted by molar-refractivity contribution is 0.603. The third-order valence-corrected chi connectivity index (χ3v) is 5.37. The van der Waals surface area contributed by atoms with E-state index in [2.05, 4.69) is 42.5 Å². The molecule has 4 aromatic carbocycles. The highest BCUT2D eigenvalue weighted by atomic mass is 31.1. The average molecular weight is 378 g/mol. The van der Waals surface area contributed by atoms with Crippen molar-refractivity contribution in [3.63, 3.8) is 0 Å². The molecule has 4 aromatic rings. The minimum Gasteiger partial charge on any atom is -0.269 e. The second-order valence-corrected chi connectivity index (χ2v) is 7.16. The van der Waals surface area contributed by atoms with Crippen molar-refractivity contribution < 1.29 is 4.57 Å². The van der Waals surface area contributed by atoms with Crippen LogP contribution in [0.15, 0.2) is 103 Å². The molecule has 0 amide bonds. The molecule has 0 saturated carbocycles. The number of rotatable bonds is 5. The molecule has 1 nitrogen and oxygen atoms in total. The van der Waals surface area contributed by atoms with Crippen LogP contribution < -0.4 is 5.30 Å². The third kappa shape index (κ3) is 4.01. The summed E-state index contributed by atoms with van der Waals surface area (Å²) in [5.41, 5.74) is 6.52. The van der Waals surface area contributed by atoms with Crippen molar-refractivity contribution >= 4 is 25.9 Å². The lowest BCUT2D eigenvalue weighted by atomic mass is 10.0. The van der Waals surface area contributed by atoms with E-state index < -0.39 is 0 Å². The van der Waals surface area contributed by atoms with Crippen molar-refractivity contribution in [3.8, 4) is 22.3 Å². The van der Waals surface area contributed by atoms with Gasteiger partial charge in [-0.1, -0.05) is 109 Å². The Balaban J connectivity index is 1.68. The fourth-order valence-corrected chi connectivity index (χ4v) is 3.84. The van der Waals surface area contributed by atoms with Gasteiger partial charge in [0.05, 0.1) is 5.30 Å². The van der Waals surface area contributed by atoms with Gasteiger partial charge >= 0.3 is 0 Å². The summed E-state index contributed by atoms with van der Waals surface area (Å²) in [4.78, 5) is 0. The first-order valence-electron chi connectivity index (χ1n) is 9.20. The SMILES string of the molecule is O=Pc1c(/C=C\c2cccc(-c3ccccc3)c2)cccc1-c1ccccc1. The van der Waals surface area contributed by atoms with E-state index in [1.807, 2.05) is 72.8 Å². The normalized spacial score (nSPS) is 11.1. The second-order valence-electron chi connectivity index (χ2n) is 6.53. The van der Waals surface area contributed by atoms with Gasteiger partial charge in [-0.3, -0.25) is 4.57 Å². The zero-order chi connectivity index (χ0) is 19.2. The van der Waals surface area contributed by atoms with Crippen LogP contribution in [0.25, 0.3) is 34.4 Å². The van der Waals surface area contributed by atoms with Crippen LogP contribution in [0.4, 0.5) is 0 Å². The summed E-state index contributed by atoms with van der Waals surface area (Å²) >= 11 is 0. The summed E-state index contributed by atoms with van der Waals surface area (Å²) in [5, 5.41) is 0.809. The molecule has 0 saturated heterocycles. The Morgan fingerprint density at radius 1 is 0.571 bits per heavy atom. The zero-order valence-corrected chi connectivity index (χ0v) is 16.2. The lowest BCUT2D eigenvalue weighted by Gasteiger charge is -2.07. The van der Waals surface area contributed by atoms with Crippen molar-refractivity contribution in [1.82, 2.24) is 0 Å². The fourth-order valence-electron chi connectivity index (χ4n) is 3.29.